The molecule has 0 aliphatic heterocycles. The summed E-state index contributed by atoms with van der Waals surface area (Å²) in [6.45, 7) is 2.99. The number of rotatable bonds is 5. The zero-order valence-corrected chi connectivity index (χ0v) is 16.2. The molecule has 7 nitrogen and oxygen atoms in total. The second-order valence-corrected chi connectivity index (χ2v) is 6.69. The molecular weight excluding hydrogens is 403 g/mol. The third kappa shape index (κ3) is 4.07. The van der Waals surface area contributed by atoms with E-state index >= 15 is 0 Å². The Labute approximate surface area is 168 Å². The van der Waals surface area contributed by atoms with Crippen molar-refractivity contribution in [1.82, 2.24) is 9.97 Å². The van der Waals surface area contributed by atoms with Gasteiger partial charge in [-0.05, 0) is 43.7 Å². The Balaban J connectivity index is 2.09. The number of halogens is 3. The molecule has 158 valence electrons. The van der Waals surface area contributed by atoms with Gasteiger partial charge in [-0.15, -0.1) is 0 Å². The lowest BCUT2D eigenvalue weighted by Gasteiger charge is -2.21. The van der Waals surface area contributed by atoms with Gasteiger partial charge in [-0.3, -0.25) is 4.79 Å². The summed E-state index contributed by atoms with van der Waals surface area (Å²) < 4.78 is 46.2. The summed E-state index contributed by atoms with van der Waals surface area (Å²) in [5.41, 5.74) is -1.37. The average molecular weight is 421 g/mol. The topological polar surface area (TPSA) is 104 Å². The van der Waals surface area contributed by atoms with Crippen LogP contribution in [0.3, 0.4) is 0 Å². The number of carboxylic acids is 1. The molecule has 1 aromatic heterocycles. The fourth-order valence-corrected chi connectivity index (χ4v) is 3.21. The highest BCUT2D eigenvalue weighted by Crippen LogP contribution is 2.37. The smallest absolute Gasteiger partial charge is 0.416 e. The summed E-state index contributed by atoms with van der Waals surface area (Å²) in [7, 11) is 1.29. The standard InChI is InChI=1S/C20H18F3N3O4/c1-9(24-11-4-5-12(19(28)29)17(6-11)30-3)13-7-14-16(8-15(13)20(21,22)23)25-10(2)26-18(14)27/h4-9,24H,1-3H3,(H,28,29)(H,25,26,27). The number of nitrogens with one attached hydrogen (secondary N) is 2. The predicted octanol–water partition coefficient (Wildman–Crippen LogP) is 4.13. The van der Waals surface area contributed by atoms with E-state index in [4.69, 9.17) is 9.84 Å². The van der Waals surface area contributed by atoms with Crippen LogP contribution < -0.4 is 15.6 Å². The van der Waals surface area contributed by atoms with Gasteiger partial charge in [-0.2, -0.15) is 13.2 Å². The van der Waals surface area contributed by atoms with Gasteiger partial charge in [0.05, 0.1) is 23.6 Å². The van der Waals surface area contributed by atoms with Crippen molar-refractivity contribution >= 4 is 22.6 Å². The van der Waals surface area contributed by atoms with E-state index in [0.717, 1.165) is 6.07 Å². The minimum Gasteiger partial charge on any atom is -0.496 e. The summed E-state index contributed by atoms with van der Waals surface area (Å²) in [5.74, 6) is -0.919. The number of fused-ring (bicyclic) bond motifs is 1. The molecule has 0 aliphatic carbocycles. The highest BCUT2D eigenvalue weighted by atomic mass is 19.4. The molecule has 2 aromatic carbocycles. The molecule has 0 amide bonds. The first kappa shape index (κ1) is 21.2. The molecule has 3 rings (SSSR count). The van der Waals surface area contributed by atoms with E-state index in [9.17, 15) is 22.8 Å². The van der Waals surface area contributed by atoms with Crippen molar-refractivity contribution < 1.29 is 27.8 Å². The summed E-state index contributed by atoms with van der Waals surface area (Å²) >= 11 is 0. The summed E-state index contributed by atoms with van der Waals surface area (Å²) in [4.78, 5) is 29.9. The molecule has 1 heterocycles. The van der Waals surface area contributed by atoms with Crippen LogP contribution in [0.2, 0.25) is 0 Å². The van der Waals surface area contributed by atoms with Gasteiger partial charge < -0.3 is 20.1 Å². The first-order chi connectivity index (χ1) is 14.0. The lowest BCUT2D eigenvalue weighted by molar-refractivity contribution is -0.138. The zero-order valence-electron chi connectivity index (χ0n) is 16.2. The van der Waals surface area contributed by atoms with Crippen molar-refractivity contribution in [3.8, 4) is 5.75 Å². The van der Waals surface area contributed by atoms with Crippen LogP contribution >= 0.6 is 0 Å². The molecular formula is C20H18F3N3O4. The van der Waals surface area contributed by atoms with Gasteiger partial charge in [0, 0.05) is 17.8 Å². The molecule has 1 atom stereocenters. The van der Waals surface area contributed by atoms with E-state index in [0.29, 0.717) is 5.69 Å². The van der Waals surface area contributed by atoms with Crippen molar-refractivity contribution in [1.29, 1.82) is 0 Å². The zero-order chi connectivity index (χ0) is 22.2. The number of carboxylic acid groups (broad SMARTS) is 1. The SMILES string of the molecule is COc1cc(NC(C)c2cc3c(=O)[nH]c(C)nc3cc2C(F)(F)F)ccc1C(=O)O. The van der Waals surface area contributed by atoms with Gasteiger partial charge in [0.2, 0.25) is 0 Å². The van der Waals surface area contributed by atoms with Gasteiger partial charge in [-0.25, -0.2) is 9.78 Å². The Morgan fingerprint density at radius 1 is 1.27 bits per heavy atom. The number of H-pyrrole nitrogens is 1. The number of aromatic amines is 1. The van der Waals surface area contributed by atoms with Crippen LogP contribution in [0.25, 0.3) is 10.9 Å². The number of aromatic carboxylic acids is 1. The van der Waals surface area contributed by atoms with Crippen molar-refractivity contribution in [3.63, 3.8) is 0 Å². The van der Waals surface area contributed by atoms with E-state index in [-0.39, 0.29) is 33.6 Å². The van der Waals surface area contributed by atoms with Crippen LogP contribution in [-0.2, 0) is 6.18 Å². The highest BCUT2D eigenvalue weighted by molar-refractivity contribution is 5.91. The number of hydrogen-bond acceptors (Lipinski definition) is 5. The van der Waals surface area contributed by atoms with Crippen LogP contribution in [-0.4, -0.2) is 28.2 Å². The van der Waals surface area contributed by atoms with Crippen LogP contribution in [0.15, 0.2) is 35.1 Å². The quantitative estimate of drug-likeness (QED) is 0.572. The summed E-state index contributed by atoms with van der Waals surface area (Å²) in [5, 5.41) is 12.1. The normalized spacial score (nSPS) is 12.6. The predicted molar refractivity (Wildman–Crippen MR) is 104 cm³/mol. The monoisotopic (exact) mass is 421 g/mol. The largest absolute Gasteiger partial charge is 0.496 e. The third-order valence-corrected chi connectivity index (χ3v) is 4.58. The van der Waals surface area contributed by atoms with Crippen molar-refractivity contribution in [2.45, 2.75) is 26.1 Å². The number of nitrogens with zero attached hydrogens (tertiary/aromatic N) is 1. The Morgan fingerprint density at radius 2 is 1.97 bits per heavy atom. The Hall–Kier alpha value is -3.56. The van der Waals surface area contributed by atoms with E-state index in [1.807, 2.05) is 0 Å². The number of methoxy groups -OCH3 is 1. The van der Waals surface area contributed by atoms with Crippen molar-refractivity contribution in [2.24, 2.45) is 0 Å². The van der Waals surface area contributed by atoms with Gasteiger partial charge in [0.1, 0.15) is 17.1 Å². The maximum absolute atomic E-state index is 13.7. The maximum Gasteiger partial charge on any atom is 0.416 e. The fourth-order valence-electron chi connectivity index (χ4n) is 3.21. The van der Waals surface area contributed by atoms with Crippen molar-refractivity contribution in [3.05, 3.63) is 63.2 Å². The average Bonchev–Trinajstić information content (AvgIpc) is 2.65. The van der Waals surface area contributed by atoms with Gasteiger partial charge in [-0.1, -0.05) is 0 Å². The number of aromatic nitrogens is 2. The molecule has 0 spiro atoms. The van der Waals surface area contributed by atoms with Crippen LogP contribution in [0.4, 0.5) is 18.9 Å². The maximum atomic E-state index is 13.7. The second kappa shape index (κ2) is 7.69. The molecule has 10 heteroatoms. The number of ether oxygens (including phenoxy) is 1. The minimum atomic E-state index is -4.66. The molecule has 0 fully saturated rings. The lowest BCUT2D eigenvalue weighted by Crippen LogP contribution is -2.18. The number of alkyl halides is 3. The van der Waals surface area contributed by atoms with E-state index in [2.05, 4.69) is 15.3 Å². The number of benzene rings is 2. The number of anilines is 1. The molecule has 0 aliphatic rings. The third-order valence-electron chi connectivity index (χ3n) is 4.58. The van der Waals surface area contributed by atoms with Crippen LogP contribution in [0.1, 0.15) is 40.3 Å². The summed E-state index contributed by atoms with van der Waals surface area (Å²) in [6.07, 6.45) is -4.66. The van der Waals surface area contributed by atoms with Crippen molar-refractivity contribution in [2.75, 3.05) is 12.4 Å². The second-order valence-electron chi connectivity index (χ2n) is 6.69. The van der Waals surface area contributed by atoms with E-state index in [1.54, 1.807) is 0 Å². The van der Waals surface area contributed by atoms with Crippen LogP contribution in [0.5, 0.6) is 5.75 Å². The first-order valence-corrected chi connectivity index (χ1v) is 8.81. The molecule has 0 bridgehead atoms. The molecule has 1 unspecified atom stereocenters. The van der Waals surface area contributed by atoms with E-state index < -0.39 is 29.3 Å². The van der Waals surface area contributed by atoms with Crippen LogP contribution in [0, 0.1) is 6.92 Å². The highest BCUT2D eigenvalue weighted by Gasteiger charge is 2.35. The number of hydrogen-bond donors (Lipinski definition) is 3. The molecule has 30 heavy (non-hydrogen) atoms. The number of aryl methyl sites for hydroxylation is 1. The Bertz CT molecular complexity index is 1190. The molecule has 0 saturated heterocycles. The lowest BCUT2D eigenvalue weighted by atomic mass is 9.98. The van der Waals surface area contributed by atoms with Gasteiger partial charge >= 0.3 is 12.1 Å². The molecule has 3 aromatic rings. The summed E-state index contributed by atoms with van der Waals surface area (Å²) in [6, 6.07) is 5.26. The number of carbonyl (C=O) groups is 1. The Morgan fingerprint density at radius 3 is 2.57 bits per heavy atom. The van der Waals surface area contributed by atoms with Gasteiger partial charge in [0.25, 0.3) is 5.56 Å². The van der Waals surface area contributed by atoms with Gasteiger partial charge in [0.15, 0.2) is 0 Å². The van der Waals surface area contributed by atoms with E-state index in [1.165, 1.54) is 45.2 Å². The Kier molecular flexibility index (Phi) is 5.43. The molecule has 3 N–H and O–H groups in total. The minimum absolute atomic E-state index is 0.0380. The first-order valence-electron chi connectivity index (χ1n) is 8.81. The fraction of sp³-hybridized carbons (Fsp3) is 0.250. The molecule has 0 radical (unpaired) electrons. The molecule has 0 saturated carbocycles.